The lowest BCUT2D eigenvalue weighted by Gasteiger charge is -2.21. The molecule has 1 fully saturated rings. The van der Waals surface area contributed by atoms with E-state index in [0.717, 1.165) is 16.7 Å². The molecule has 0 atom stereocenters. The van der Waals surface area contributed by atoms with E-state index in [1.165, 1.54) is 11.3 Å². The van der Waals surface area contributed by atoms with Crippen LogP contribution in [0, 0.1) is 6.92 Å². The van der Waals surface area contributed by atoms with Gasteiger partial charge in [-0.25, -0.2) is 18.4 Å². The average Bonchev–Trinajstić information content (AvgIpc) is 3.49. The number of rotatable bonds is 7. The van der Waals surface area contributed by atoms with Crippen molar-refractivity contribution in [1.82, 2.24) is 15.0 Å². The molecule has 3 aromatic heterocycles. The number of thiazole rings is 1. The molecule has 10 heteroatoms. The summed E-state index contributed by atoms with van der Waals surface area (Å²) in [6, 6.07) is 5.63. The summed E-state index contributed by atoms with van der Waals surface area (Å²) < 4.78 is 26.7. The Labute approximate surface area is 185 Å². The first-order valence-electron chi connectivity index (χ1n) is 9.82. The Kier molecular flexibility index (Phi) is 5.52. The summed E-state index contributed by atoms with van der Waals surface area (Å²) in [5.74, 6) is 0.138. The molecule has 3 aromatic rings. The lowest BCUT2D eigenvalue weighted by molar-refractivity contribution is -0.120. The molecule has 1 amide bonds. The number of hydrogen-bond donors (Lipinski definition) is 2. The maximum Gasteiger partial charge on any atom is 0.237 e. The molecule has 4 rings (SSSR count). The number of pyridine rings is 2. The Morgan fingerprint density at radius 3 is 2.58 bits per heavy atom. The van der Waals surface area contributed by atoms with Crippen molar-refractivity contribution in [2.75, 3.05) is 10.0 Å². The molecule has 0 aliphatic heterocycles. The number of aryl methyl sites for hydroxylation is 1. The summed E-state index contributed by atoms with van der Waals surface area (Å²) in [4.78, 5) is 25.8. The molecule has 0 bridgehead atoms. The van der Waals surface area contributed by atoms with Crippen LogP contribution in [0.1, 0.15) is 37.9 Å². The summed E-state index contributed by atoms with van der Waals surface area (Å²) in [7, 11) is -3.39. The number of aromatic nitrogens is 3. The summed E-state index contributed by atoms with van der Waals surface area (Å²) in [6.07, 6.45) is 6.59. The van der Waals surface area contributed by atoms with Gasteiger partial charge in [-0.3, -0.25) is 14.5 Å². The zero-order valence-corrected chi connectivity index (χ0v) is 19.0. The van der Waals surface area contributed by atoms with Crippen LogP contribution in [0.25, 0.3) is 11.1 Å². The number of nitrogens with one attached hydrogen (secondary N) is 2. The highest BCUT2D eigenvalue weighted by Crippen LogP contribution is 2.33. The van der Waals surface area contributed by atoms with Crippen molar-refractivity contribution in [3.05, 3.63) is 53.4 Å². The van der Waals surface area contributed by atoms with Gasteiger partial charge in [0.05, 0.1) is 16.4 Å². The number of nitrogens with zero attached hydrogens (tertiary/aromatic N) is 3. The first kappa shape index (κ1) is 21.4. The molecule has 1 aliphatic carbocycles. The van der Waals surface area contributed by atoms with E-state index >= 15 is 0 Å². The predicted molar refractivity (Wildman–Crippen MR) is 122 cm³/mol. The van der Waals surface area contributed by atoms with Crippen LogP contribution in [0.5, 0.6) is 0 Å². The van der Waals surface area contributed by atoms with Crippen LogP contribution >= 0.6 is 11.3 Å². The Hall–Kier alpha value is -2.85. The zero-order chi connectivity index (χ0) is 22.2. The number of amides is 1. The summed E-state index contributed by atoms with van der Waals surface area (Å²) in [5.41, 5.74) is 2.43. The van der Waals surface area contributed by atoms with Crippen LogP contribution in [-0.4, -0.2) is 34.5 Å². The number of hydrogen-bond acceptors (Lipinski definition) is 7. The molecule has 0 spiro atoms. The zero-order valence-electron chi connectivity index (χ0n) is 17.4. The smallest absolute Gasteiger partial charge is 0.237 e. The second-order valence-electron chi connectivity index (χ2n) is 8.15. The average molecular weight is 458 g/mol. The molecule has 0 saturated heterocycles. The number of anilines is 2. The molecule has 8 nitrogen and oxygen atoms in total. The summed E-state index contributed by atoms with van der Waals surface area (Å²) in [5, 5.41) is 4.46. The Balaban J connectivity index is 1.45. The van der Waals surface area contributed by atoms with Crippen LogP contribution in [-0.2, 0) is 20.2 Å². The molecule has 1 saturated carbocycles. The van der Waals surface area contributed by atoms with Crippen LogP contribution in [0.4, 0.5) is 10.9 Å². The lowest BCUT2D eigenvalue weighted by atomic mass is 9.89. The van der Waals surface area contributed by atoms with Crippen molar-refractivity contribution >= 4 is 38.2 Å². The van der Waals surface area contributed by atoms with E-state index in [4.69, 9.17) is 0 Å². The van der Waals surface area contributed by atoms with Crippen molar-refractivity contribution in [3.63, 3.8) is 0 Å². The van der Waals surface area contributed by atoms with E-state index in [9.17, 15) is 13.2 Å². The second-order valence-corrected chi connectivity index (χ2v) is 11.0. The fourth-order valence-corrected chi connectivity index (χ4v) is 5.41. The van der Waals surface area contributed by atoms with Crippen LogP contribution in [0.3, 0.4) is 0 Å². The molecule has 2 N–H and O–H groups in total. The van der Waals surface area contributed by atoms with Gasteiger partial charge in [-0.2, -0.15) is 0 Å². The van der Waals surface area contributed by atoms with E-state index in [1.807, 2.05) is 19.1 Å². The monoisotopic (exact) mass is 457 g/mol. The fraction of sp³-hybridized carbons (Fsp3) is 0.333. The van der Waals surface area contributed by atoms with Crippen molar-refractivity contribution in [1.29, 1.82) is 0 Å². The Morgan fingerprint density at radius 2 is 1.94 bits per heavy atom. The van der Waals surface area contributed by atoms with E-state index in [-0.39, 0.29) is 16.3 Å². The van der Waals surface area contributed by atoms with Gasteiger partial charge in [0, 0.05) is 35.1 Å². The van der Waals surface area contributed by atoms with Gasteiger partial charge in [0.2, 0.25) is 15.9 Å². The van der Waals surface area contributed by atoms with Gasteiger partial charge >= 0.3 is 0 Å². The predicted octanol–water partition coefficient (Wildman–Crippen LogP) is 3.73. The number of carbonyl (C=O) groups excluding carboxylic acids is 1. The molecule has 1 aliphatic rings. The highest BCUT2D eigenvalue weighted by atomic mass is 32.2. The first-order valence-corrected chi connectivity index (χ1v) is 12.2. The Bertz CT molecular complexity index is 1220. The third-order valence-corrected chi connectivity index (χ3v) is 7.83. The van der Waals surface area contributed by atoms with Crippen LogP contribution in [0.15, 0.2) is 42.2 Å². The molecular weight excluding hydrogens is 434 g/mol. The third-order valence-electron chi connectivity index (χ3n) is 5.12. The standard InChI is InChI=1S/C21H23N5O3S2/c1-13-8-15(10-22-9-13)14-4-7-18(23-11-14)25-19(27)21(2,3)17-12-30-20(24-17)26-31(28,29)16-5-6-16/h4,7-12,16H,5-6H2,1-3H3,(H,24,26)(H,23,25,27). The topological polar surface area (TPSA) is 114 Å². The van der Waals surface area contributed by atoms with Gasteiger partial charge in [0.15, 0.2) is 5.13 Å². The minimum Gasteiger partial charge on any atom is -0.310 e. The van der Waals surface area contributed by atoms with Crippen LogP contribution in [0.2, 0.25) is 0 Å². The highest BCUT2D eigenvalue weighted by Gasteiger charge is 2.37. The highest BCUT2D eigenvalue weighted by molar-refractivity contribution is 7.93. The van der Waals surface area contributed by atoms with Gasteiger partial charge < -0.3 is 5.32 Å². The van der Waals surface area contributed by atoms with E-state index in [0.29, 0.717) is 24.4 Å². The molecule has 0 aromatic carbocycles. The van der Waals surface area contributed by atoms with Gasteiger partial charge in [-0.05, 0) is 57.4 Å². The van der Waals surface area contributed by atoms with Crippen molar-refractivity contribution in [3.8, 4) is 11.1 Å². The molecule has 0 radical (unpaired) electrons. The maximum atomic E-state index is 12.9. The van der Waals surface area contributed by atoms with E-state index in [2.05, 4.69) is 25.0 Å². The van der Waals surface area contributed by atoms with E-state index in [1.54, 1.807) is 43.9 Å². The SMILES string of the molecule is Cc1cncc(-c2ccc(NC(=O)C(C)(C)c3csc(NS(=O)(=O)C4CC4)n3)nc2)c1. The van der Waals surface area contributed by atoms with Crippen molar-refractivity contribution in [2.45, 2.75) is 44.3 Å². The number of carbonyl (C=O) groups is 1. The fourth-order valence-electron chi connectivity index (χ4n) is 2.93. The summed E-state index contributed by atoms with van der Waals surface area (Å²) in [6.45, 7) is 5.45. The normalized spacial score (nSPS) is 14.3. The van der Waals surface area contributed by atoms with E-state index < -0.39 is 15.4 Å². The van der Waals surface area contributed by atoms with Crippen molar-refractivity contribution in [2.24, 2.45) is 0 Å². The molecule has 3 heterocycles. The number of sulfonamides is 1. The van der Waals surface area contributed by atoms with Gasteiger partial charge in [-0.1, -0.05) is 0 Å². The van der Waals surface area contributed by atoms with Gasteiger partial charge in [0.25, 0.3) is 0 Å². The summed E-state index contributed by atoms with van der Waals surface area (Å²) >= 11 is 1.17. The van der Waals surface area contributed by atoms with Gasteiger partial charge in [0.1, 0.15) is 5.82 Å². The van der Waals surface area contributed by atoms with Gasteiger partial charge in [-0.15, -0.1) is 11.3 Å². The minimum atomic E-state index is -3.39. The first-order chi connectivity index (χ1) is 14.6. The molecule has 0 unspecified atom stereocenters. The maximum absolute atomic E-state index is 12.9. The molecule has 31 heavy (non-hydrogen) atoms. The van der Waals surface area contributed by atoms with Crippen LogP contribution < -0.4 is 10.0 Å². The molecular formula is C21H23N5O3S2. The molecule has 162 valence electrons. The lowest BCUT2D eigenvalue weighted by Crippen LogP contribution is -2.35. The quantitative estimate of drug-likeness (QED) is 0.559. The third kappa shape index (κ3) is 4.75. The largest absolute Gasteiger partial charge is 0.310 e. The second kappa shape index (κ2) is 8.01. The van der Waals surface area contributed by atoms with Crippen molar-refractivity contribution < 1.29 is 13.2 Å². The Morgan fingerprint density at radius 1 is 1.16 bits per heavy atom. The minimum absolute atomic E-state index is 0.275.